The van der Waals surface area contributed by atoms with Crippen LogP contribution in [0.5, 0.6) is 0 Å². The standard InChI is InChI=1S/C16H20ClN5O/c1-2-21-11-19-20-15(21)10-18-16(23)22-8-4-7-14(22)12-5-3-6-13(17)9-12/h3,5-6,9,11,14H,2,4,7-8,10H2,1H3,(H,18,23)/t14-/m0/s1. The lowest BCUT2D eigenvalue weighted by atomic mass is 10.1. The van der Waals surface area contributed by atoms with Gasteiger partial charge in [0.15, 0.2) is 5.82 Å². The largest absolute Gasteiger partial charge is 0.331 e. The SMILES string of the molecule is CCn1cnnc1CNC(=O)N1CCC[C@H]1c1cccc(Cl)c1. The fraction of sp³-hybridized carbons (Fsp3) is 0.438. The zero-order chi connectivity index (χ0) is 16.2. The van der Waals surface area contributed by atoms with E-state index in [2.05, 4.69) is 15.5 Å². The molecule has 1 atom stereocenters. The van der Waals surface area contributed by atoms with Gasteiger partial charge in [-0.25, -0.2) is 4.79 Å². The van der Waals surface area contributed by atoms with Crippen molar-refractivity contribution in [2.24, 2.45) is 0 Å². The van der Waals surface area contributed by atoms with Gasteiger partial charge in [0.25, 0.3) is 0 Å². The second-order valence-electron chi connectivity index (χ2n) is 5.60. The average Bonchev–Trinajstić information content (AvgIpc) is 3.21. The number of aromatic nitrogens is 3. The fourth-order valence-corrected chi connectivity index (χ4v) is 3.21. The van der Waals surface area contributed by atoms with E-state index in [1.807, 2.05) is 40.7 Å². The molecular weight excluding hydrogens is 314 g/mol. The monoisotopic (exact) mass is 333 g/mol. The first-order valence-electron chi connectivity index (χ1n) is 7.85. The molecule has 122 valence electrons. The quantitative estimate of drug-likeness (QED) is 0.935. The Morgan fingerprint density at radius 1 is 1.48 bits per heavy atom. The fourth-order valence-electron chi connectivity index (χ4n) is 3.01. The van der Waals surface area contributed by atoms with Gasteiger partial charge in [0.05, 0.1) is 12.6 Å². The molecule has 1 aromatic heterocycles. The lowest BCUT2D eigenvalue weighted by Gasteiger charge is -2.25. The lowest BCUT2D eigenvalue weighted by Crippen LogP contribution is -2.39. The van der Waals surface area contributed by atoms with Gasteiger partial charge < -0.3 is 14.8 Å². The number of benzene rings is 1. The van der Waals surface area contributed by atoms with E-state index in [0.717, 1.165) is 37.3 Å². The minimum Gasteiger partial charge on any atom is -0.331 e. The summed E-state index contributed by atoms with van der Waals surface area (Å²) in [5.41, 5.74) is 1.09. The molecule has 1 aliphatic heterocycles. The van der Waals surface area contributed by atoms with Crippen LogP contribution in [0.4, 0.5) is 4.79 Å². The van der Waals surface area contributed by atoms with E-state index in [9.17, 15) is 4.79 Å². The molecule has 1 saturated heterocycles. The number of likely N-dealkylation sites (tertiary alicyclic amines) is 1. The van der Waals surface area contributed by atoms with Crippen LogP contribution in [-0.4, -0.2) is 32.2 Å². The topological polar surface area (TPSA) is 63.1 Å². The molecule has 1 fully saturated rings. The number of nitrogens with zero attached hydrogens (tertiary/aromatic N) is 4. The molecular formula is C16H20ClN5O. The van der Waals surface area contributed by atoms with Crippen molar-refractivity contribution < 1.29 is 4.79 Å². The number of rotatable bonds is 4. The lowest BCUT2D eigenvalue weighted by molar-refractivity contribution is 0.192. The van der Waals surface area contributed by atoms with Gasteiger partial charge in [-0.05, 0) is 37.5 Å². The second-order valence-corrected chi connectivity index (χ2v) is 6.03. The van der Waals surface area contributed by atoms with Gasteiger partial charge in [0, 0.05) is 18.1 Å². The number of halogens is 1. The molecule has 0 radical (unpaired) electrons. The number of carbonyl (C=O) groups excluding carboxylic acids is 1. The van der Waals surface area contributed by atoms with E-state index in [-0.39, 0.29) is 12.1 Å². The van der Waals surface area contributed by atoms with Crippen LogP contribution in [0, 0.1) is 0 Å². The summed E-state index contributed by atoms with van der Waals surface area (Å²) < 4.78 is 1.92. The van der Waals surface area contributed by atoms with Crippen molar-refractivity contribution in [1.29, 1.82) is 0 Å². The van der Waals surface area contributed by atoms with Crippen molar-refractivity contribution in [3.63, 3.8) is 0 Å². The third-order valence-electron chi connectivity index (χ3n) is 4.18. The van der Waals surface area contributed by atoms with Gasteiger partial charge in [-0.15, -0.1) is 10.2 Å². The maximum atomic E-state index is 12.5. The Labute approximate surface area is 140 Å². The van der Waals surface area contributed by atoms with E-state index < -0.39 is 0 Å². The molecule has 6 nitrogen and oxygen atoms in total. The number of aryl methyl sites for hydroxylation is 1. The predicted molar refractivity (Wildman–Crippen MR) is 88.1 cm³/mol. The number of nitrogens with one attached hydrogen (secondary N) is 1. The second kappa shape index (κ2) is 7.00. The Bertz CT molecular complexity index is 687. The van der Waals surface area contributed by atoms with Crippen LogP contribution in [-0.2, 0) is 13.1 Å². The van der Waals surface area contributed by atoms with Crippen molar-refractivity contribution in [1.82, 2.24) is 25.0 Å². The summed E-state index contributed by atoms with van der Waals surface area (Å²) in [5, 5.41) is 11.6. The Morgan fingerprint density at radius 3 is 3.13 bits per heavy atom. The van der Waals surface area contributed by atoms with Crippen molar-refractivity contribution >= 4 is 17.6 Å². The molecule has 0 saturated carbocycles. The van der Waals surface area contributed by atoms with Gasteiger partial charge in [0.1, 0.15) is 6.33 Å². The Kier molecular flexibility index (Phi) is 4.81. The van der Waals surface area contributed by atoms with Crippen LogP contribution in [0.15, 0.2) is 30.6 Å². The first-order valence-corrected chi connectivity index (χ1v) is 8.23. The molecule has 2 heterocycles. The Morgan fingerprint density at radius 2 is 2.35 bits per heavy atom. The smallest absolute Gasteiger partial charge is 0.318 e. The van der Waals surface area contributed by atoms with E-state index >= 15 is 0 Å². The zero-order valence-electron chi connectivity index (χ0n) is 13.1. The molecule has 2 aromatic rings. The van der Waals surface area contributed by atoms with Crippen molar-refractivity contribution in [3.8, 4) is 0 Å². The number of hydrogen-bond donors (Lipinski definition) is 1. The average molecular weight is 334 g/mol. The molecule has 1 aliphatic rings. The van der Waals surface area contributed by atoms with Crippen molar-refractivity contribution in [2.45, 2.75) is 38.9 Å². The van der Waals surface area contributed by atoms with Crippen LogP contribution in [0.2, 0.25) is 5.02 Å². The van der Waals surface area contributed by atoms with E-state index in [0.29, 0.717) is 11.6 Å². The molecule has 1 aromatic carbocycles. The molecule has 0 spiro atoms. The normalized spacial score (nSPS) is 17.5. The molecule has 7 heteroatoms. The van der Waals surface area contributed by atoms with Crippen molar-refractivity contribution in [3.05, 3.63) is 47.0 Å². The minimum absolute atomic E-state index is 0.0712. The summed E-state index contributed by atoms with van der Waals surface area (Å²) in [7, 11) is 0. The summed E-state index contributed by atoms with van der Waals surface area (Å²) in [6.45, 7) is 3.94. The highest BCUT2D eigenvalue weighted by molar-refractivity contribution is 6.30. The van der Waals surface area contributed by atoms with Crippen molar-refractivity contribution in [2.75, 3.05) is 6.54 Å². The van der Waals surface area contributed by atoms with Crippen LogP contribution >= 0.6 is 11.6 Å². The number of hydrogen-bond acceptors (Lipinski definition) is 3. The van der Waals surface area contributed by atoms with Crippen LogP contribution in [0.25, 0.3) is 0 Å². The van der Waals surface area contributed by atoms with Gasteiger partial charge in [-0.3, -0.25) is 0 Å². The van der Waals surface area contributed by atoms with Gasteiger partial charge >= 0.3 is 6.03 Å². The summed E-state index contributed by atoms with van der Waals surface area (Å²) in [6.07, 6.45) is 3.63. The highest BCUT2D eigenvalue weighted by Gasteiger charge is 2.30. The molecule has 2 amide bonds. The Balaban J connectivity index is 1.66. The number of amides is 2. The van der Waals surface area contributed by atoms with Gasteiger partial charge in [-0.1, -0.05) is 23.7 Å². The molecule has 0 aliphatic carbocycles. The molecule has 0 bridgehead atoms. The highest BCUT2D eigenvalue weighted by Crippen LogP contribution is 2.32. The van der Waals surface area contributed by atoms with E-state index in [1.54, 1.807) is 6.33 Å². The maximum Gasteiger partial charge on any atom is 0.318 e. The summed E-state index contributed by atoms with van der Waals surface area (Å²) in [6, 6.07) is 7.75. The molecule has 1 N–H and O–H groups in total. The van der Waals surface area contributed by atoms with Crippen LogP contribution in [0.1, 0.15) is 37.2 Å². The number of carbonyl (C=O) groups is 1. The Hall–Kier alpha value is -2.08. The van der Waals surface area contributed by atoms with Crippen LogP contribution in [0.3, 0.4) is 0 Å². The van der Waals surface area contributed by atoms with Gasteiger partial charge in [0.2, 0.25) is 0 Å². The van der Waals surface area contributed by atoms with Gasteiger partial charge in [-0.2, -0.15) is 0 Å². The summed E-state index contributed by atoms with van der Waals surface area (Å²) in [4.78, 5) is 14.4. The highest BCUT2D eigenvalue weighted by atomic mass is 35.5. The van der Waals surface area contributed by atoms with Crippen LogP contribution < -0.4 is 5.32 Å². The third kappa shape index (κ3) is 3.47. The molecule has 23 heavy (non-hydrogen) atoms. The zero-order valence-corrected chi connectivity index (χ0v) is 13.8. The molecule has 3 rings (SSSR count). The first-order chi connectivity index (χ1) is 11.2. The van der Waals surface area contributed by atoms with E-state index in [4.69, 9.17) is 11.6 Å². The maximum absolute atomic E-state index is 12.5. The molecule has 0 unspecified atom stereocenters. The summed E-state index contributed by atoms with van der Waals surface area (Å²) >= 11 is 6.08. The third-order valence-corrected chi connectivity index (χ3v) is 4.42. The predicted octanol–water partition coefficient (Wildman–Crippen LogP) is 3.00. The summed E-state index contributed by atoms with van der Waals surface area (Å²) in [5.74, 6) is 0.763. The van der Waals surface area contributed by atoms with E-state index in [1.165, 1.54) is 0 Å². The minimum atomic E-state index is -0.0712. The first kappa shape index (κ1) is 15.8. The number of urea groups is 1.